The Morgan fingerprint density at radius 1 is 0.889 bits per heavy atom. The van der Waals surface area contributed by atoms with Gasteiger partial charge in [-0.15, -0.1) is 46.4 Å². The van der Waals surface area contributed by atoms with Crippen LogP contribution in [0.25, 0.3) is 0 Å². The van der Waals surface area contributed by atoms with Crippen molar-refractivity contribution in [2.75, 3.05) is 0 Å². The molecule has 6 atom stereocenters. The lowest BCUT2D eigenvalue weighted by Crippen LogP contribution is -2.47. The molecule has 0 heterocycles. The summed E-state index contributed by atoms with van der Waals surface area (Å²) in [5.74, 6) is -0.488. The Hall–Kier alpha value is 2.06. The molecule has 2 fully saturated rings. The van der Waals surface area contributed by atoms with Crippen LogP contribution in [0.4, 0.5) is 0 Å². The second kappa shape index (κ2) is 4.07. The van der Waals surface area contributed by atoms with E-state index >= 15 is 0 Å². The number of allylic oxidation sites excluding steroid dienone is 2. The molecule has 102 valence electrons. The highest BCUT2D eigenvalue weighted by Gasteiger charge is 2.84. The van der Waals surface area contributed by atoms with E-state index in [0.29, 0.717) is 6.42 Å². The monoisotopic (exact) mass is 406 g/mol. The molecule has 0 nitrogen and oxygen atoms in total. The highest BCUT2D eigenvalue weighted by Crippen LogP contribution is 2.79. The van der Waals surface area contributed by atoms with Gasteiger partial charge < -0.3 is 0 Å². The number of hydrogen-bond donors (Lipinski definition) is 0. The quantitative estimate of drug-likeness (QED) is 0.451. The molecule has 8 heteroatoms. The Morgan fingerprint density at radius 3 is 1.94 bits per heavy atom. The fourth-order valence-corrected chi connectivity index (χ4v) is 7.46. The lowest BCUT2D eigenvalue weighted by molar-refractivity contribution is 0.385. The summed E-state index contributed by atoms with van der Waals surface area (Å²) in [4.78, 5) is -2.50. The molecule has 0 aromatic carbocycles. The first-order valence-electron chi connectivity index (χ1n) is 5.21. The Balaban J connectivity index is 2.26. The minimum Gasteiger partial charge on any atom is -0.121 e. The normalized spacial score (nSPS) is 57.3. The number of fused-ring (bicyclic) bond motifs is 5. The van der Waals surface area contributed by atoms with Gasteiger partial charge in [0.2, 0.25) is 0 Å². The average molecular weight is 410 g/mol. The smallest absolute Gasteiger partial charge is 0.121 e. The Kier molecular flexibility index (Phi) is 3.39. The third kappa shape index (κ3) is 1.28. The molecular formula is C10H6Cl8. The molecule has 2 saturated carbocycles. The summed E-state index contributed by atoms with van der Waals surface area (Å²) in [6.07, 6.45) is 0.555. The Bertz CT molecular complexity index is 459. The van der Waals surface area contributed by atoms with Gasteiger partial charge in [-0.1, -0.05) is 46.4 Å². The second-order valence-electron chi connectivity index (χ2n) is 4.95. The first-order valence-corrected chi connectivity index (χ1v) is 8.35. The topological polar surface area (TPSA) is 0 Å². The molecule has 0 aromatic heterocycles. The van der Waals surface area contributed by atoms with Crippen molar-refractivity contribution < 1.29 is 0 Å². The molecule has 2 bridgehead atoms. The minimum absolute atomic E-state index is 0.184. The Labute approximate surface area is 145 Å². The molecule has 0 radical (unpaired) electrons. The largest absolute Gasteiger partial charge is 0.166 e. The molecule has 0 amide bonds. The van der Waals surface area contributed by atoms with Gasteiger partial charge in [0.15, 0.2) is 4.33 Å². The zero-order chi connectivity index (χ0) is 13.7. The van der Waals surface area contributed by atoms with Gasteiger partial charge in [0, 0.05) is 5.92 Å². The van der Waals surface area contributed by atoms with E-state index in [0.717, 1.165) is 0 Å². The SMILES string of the molecule is ClC1=C(Cl)[C@@]2(Cl)[C@@H]3C(C[C@H](Cl)[C@H]3Cl)[C@@]1(Cl)C2(Cl)Cl. The van der Waals surface area contributed by atoms with E-state index in [2.05, 4.69) is 0 Å². The van der Waals surface area contributed by atoms with Gasteiger partial charge in [-0.2, -0.15) is 0 Å². The van der Waals surface area contributed by atoms with Crippen molar-refractivity contribution in [2.24, 2.45) is 11.8 Å². The maximum absolute atomic E-state index is 6.62. The van der Waals surface area contributed by atoms with E-state index < -0.39 is 19.5 Å². The maximum atomic E-state index is 6.62. The van der Waals surface area contributed by atoms with Crippen molar-refractivity contribution in [1.29, 1.82) is 0 Å². The van der Waals surface area contributed by atoms with Crippen molar-refractivity contribution in [3.05, 3.63) is 10.1 Å². The number of halogens is 8. The predicted octanol–water partition coefficient (Wildman–Crippen LogP) is 5.68. The molecular weight excluding hydrogens is 404 g/mol. The van der Waals surface area contributed by atoms with Crippen LogP contribution in [0.2, 0.25) is 0 Å². The van der Waals surface area contributed by atoms with Crippen LogP contribution in [-0.4, -0.2) is 24.8 Å². The van der Waals surface area contributed by atoms with E-state index in [4.69, 9.17) is 92.8 Å². The summed E-state index contributed by atoms with van der Waals surface area (Å²) in [6.45, 7) is 0. The van der Waals surface area contributed by atoms with Gasteiger partial charge in [-0.05, 0) is 12.3 Å². The van der Waals surface area contributed by atoms with Crippen molar-refractivity contribution in [3.8, 4) is 0 Å². The molecule has 0 aliphatic heterocycles. The van der Waals surface area contributed by atoms with E-state index in [1.165, 1.54) is 0 Å². The van der Waals surface area contributed by atoms with Crippen LogP contribution >= 0.6 is 92.8 Å². The molecule has 18 heavy (non-hydrogen) atoms. The van der Waals surface area contributed by atoms with Crippen LogP contribution in [0.3, 0.4) is 0 Å². The fraction of sp³-hybridized carbons (Fsp3) is 0.800. The number of hydrogen-bond acceptors (Lipinski definition) is 0. The van der Waals surface area contributed by atoms with Crippen LogP contribution in [0.1, 0.15) is 6.42 Å². The fourth-order valence-electron chi connectivity index (χ4n) is 3.48. The lowest BCUT2D eigenvalue weighted by atomic mass is 9.84. The van der Waals surface area contributed by atoms with Gasteiger partial charge in [-0.3, -0.25) is 0 Å². The van der Waals surface area contributed by atoms with Crippen LogP contribution < -0.4 is 0 Å². The van der Waals surface area contributed by atoms with Crippen molar-refractivity contribution in [1.82, 2.24) is 0 Å². The zero-order valence-corrected chi connectivity index (χ0v) is 14.6. The van der Waals surface area contributed by atoms with Crippen molar-refractivity contribution in [3.63, 3.8) is 0 Å². The summed E-state index contributed by atoms with van der Waals surface area (Å²) in [7, 11) is 0. The predicted molar refractivity (Wildman–Crippen MR) is 81.2 cm³/mol. The van der Waals surface area contributed by atoms with Crippen molar-refractivity contribution in [2.45, 2.75) is 31.3 Å². The standard InChI is InChI=1S/C10H6Cl8/c11-3-1-2-4(5(3)12)9(16)7(14)6(13)8(2,15)10(9,17)18/h2-5H,1H2/t2?,3-,4+,5+,8-,9-/m0/s1. The Morgan fingerprint density at radius 2 is 1.39 bits per heavy atom. The van der Waals surface area contributed by atoms with E-state index in [-0.39, 0.29) is 27.3 Å². The second-order valence-corrected chi connectivity index (χ2v) is 9.29. The van der Waals surface area contributed by atoms with Gasteiger partial charge in [0.25, 0.3) is 0 Å². The van der Waals surface area contributed by atoms with Gasteiger partial charge >= 0.3 is 0 Å². The lowest BCUT2D eigenvalue weighted by Gasteiger charge is -2.35. The molecule has 0 saturated heterocycles. The van der Waals surface area contributed by atoms with Crippen LogP contribution in [0.5, 0.6) is 0 Å². The number of rotatable bonds is 0. The third-order valence-corrected chi connectivity index (χ3v) is 9.79. The highest BCUT2D eigenvalue weighted by atomic mass is 35.5. The zero-order valence-electron chi connectivity index (χ0n) is 8.54. The van der Waals surface area contributed by atoms with E-state index in [1.54, 1.807) is 0 Å². The molecule has 1 unspecified atom stereocenters. The summed E-state index contributed by atoms with van der Waals surface area (Å²) < 4.78 is -1.50. The first kappa shape index (κ1) is 15.0. The van der Waals surface area contributed by atoms with Crippen molar-refractivity contribution >= 4 is 92.8 Å². The van der Waals surface area contributed by atoms with Gasteiger partial charge in [-0.25, -0.2) is 0 Å². The molecule has 0 N–H and O–H groups in total. The molecule has 3 aliphatic rings. The molecule has 3 rings (SSSR count). The first-order chi connectivity index (χ1) is 8.11. The molecule has 0 aromatic rings. The van der Waals surface area contributed by atoms with Gasteiger partial charge in [0.1, 0.15) is 9.75 Å². The number of alkyl halides is 6. The van der Waals surface area contributed by atoms with Crippen LogP contribution in [0, 0.1) is 11.8 Å². The maximum Gasteiger partial charge on any atom is 0.166 e. The van der Waals surface area contributed by atoms with E-state index in [1.807, 2.05) is 0 Å². The summed E-state index contributed by atoms with van der Waals surface area (Å²) in [5, 5.41) is -0.259. The molecule has 0 spiro atoms. The highest BCUT2D eigenvalue weighted by molar-refractivity contribution is 6.66. The van der Waals surface area contributed by atoms with Crippen LogP contribution in [-0.2, 0) is 0 Å². The average Bonchev–Trinajstić information content (AvgIpc) is 2.69. The summed E-state index contributed by atoms with van der Waals surface area (Å²) in [5.41, 5.74) is 0. The third-order valence-electron chi connectivity index (χ3n) is 4.32. The van der Waals surface area contributed by atoms with Crippen LogP contribution in [0.15, 0.2) is 10.1 Å². The van der Waals surface area contributed by atoms with E-state index in [9.17, 15) is 0 Å². The summed E-state index contributed by atoms with van der Waals surface area (Å²) in [6, 6.07) is 0. The minimum atomic E-state index is -1.50. The molecule has 3 aliphatic carbocycles. The summed E-state index contributed by atoms with van der Waals surface area (Å²) >= 11 is 51.0. The van der Waals surface area contributed by atoms with Gasteiger partial charge in [0.05, 0.1) is 20.8 Å².